The predicted molar refractivity (Wildman–Crippen MR) is 102 cm³/mol. The Morgan fingerprint density at radius 2 is 2.18 bits per heavy atom. The summed E-state index contributed by atoms with van der Waals surface area (Å²) in [5.74, 6) is 0. The highest BCUT2D eigenvalue weighted by molar-refractivity contribution is 7.89. The van der Waals surface area contributed by atoms with E-state index in [0.717, 1.165) is 5.69 Å². The molecule has 1 fully saturated rings. The number of ether oxygens (including phenoxy) is 1. The van der Waals surface area contributed by atoms with Gasteiger partial charge in [-0.3, -0.25) is 4.79 Å². The molecule has 1 N–H and O–H groups in total. The Balaban J connectivity index is 1.59. The van der Waals surface area contributed by atoms with Crippen molar-refractivity contribution in [2.75, 3.05) is 31.1 Å². The number of anilines is 1. The molecule has 0 bridgehead atoms. The van der Waals surface area contributed by atoms with Crippen LogP contribution in [0.5, 0.6) is 0 Å². The van der Waals surface area contributed by atoms with E-state index < -0.39 is 10.0 Å². The van der Waals surface area contributed by atoms with Crippen LogP contribution >= 0.6 is 0 Å². The number of rotatable bonds is 6. The number of benzene rings is 1. The zero-order valence-corrected chi connectivity index (χ0v) is 16.2. The second-order valence-corrected chi connectivity index (χ2v) is 8.14. The predicted octanol–water partition coefficient (Wildman–Crippen LogP) is 0.226. The number of nitrogens with one attached hydrogen (secondary N) is 1. The monoisotopic (exact) mass is 403 g/mol. The lowest BCUT2D eigenvalue weighted by molar-refractivity contribution is 0.0363. The van der Waals surface area contributed by atoms with Crippen LogP contribution in [0.1, 0.15) is 12.0 Å². The number of nitriles is 1. The molecular formula is C18H21N5O4S. The lowest BCUT2D eigenvalue weighted by Crippen LogP contribution is -2.44. The summed E-state index contributed by atoms with van der Waals surface area (Å²) < 4.78 is 34.4. The van der Waals surface area contributed by atoms with Crippen LogP contribution in [-0.4, -0.2) is 50.5 Å². The number of hydrogen-bond donors (Lipinski definition) is 1. The third kappa shape index (κ3) is 4.56. The molecule has 1 atom stereocenters. The highest BCUT2D eigenvalue weighted by atomic mass is 32.2. The summed E-state index contributed by atoms with van der Waals surface area (Å²) >= 11 is 0. The van der Waals surface area contributed by atoms with E-state index in [1.807, 2.05) is 11.0 Å². The third-order valence-electron chi connectivity index (χ3n) is 4.51. The van der Waals surface area contributed by atoms with E-state index >= 15 is 0 Å². The standard InChI is InChI=1S/C18H21N5O4S/c1-22-18(24)10-15(12-20-22)23-8-9-27-16(13-23)6-7-21-28(25,26)17-5-3-2-4-14(17)11-19/h2-5,10,12,16,21H,6-9,13H2,1H3/t16-/m1/s1. The molecule has 0 saturated carbocycles. The van der Waals surface area contributed by atoms with Crippen LogP contribution in [-0.2, 0) is 21.8 Å². The molecule has 0 amide bonds. The van der Waals surface area contributed by atoms with Gasteiger partial charge in [-0.15, -0.1) is 0 Å². The highest BCUT2D eigenvalue weighted by Crippen LogP contribution is 2.17. The average Bonchev–Trinajstić information content (AvgIpc) is 2.70. The summed E-state index contributed by atoms with van der Waals surface area (Å²) in [4.78, 5) is 13.7. The maximum atomic E-state index is 12.5. The first kappa shape index (κ1) is 20.0. The molecule has 2 aromatic rings. The Kier molecular flexibility index (Phi) is 6.08. The number of aryl methyl sites for hydroxylation is 1. The molecule has 0 spiro atoms. The van der Waals surface area contributed by atoms with Gasteiger partial charge >= 0.3 is 0 Å². The van der Waals surface area contributed by atoms with Crippen LogP contribution in [0, 0.1) is 11.3 Å². The lowest BCUT2D eigenvalue weighted by atomic mass is 10.2. The van der Waals surface area contributed by atoms with E-state index in [1.165, 1.54) is 22.9 Å². The summed E-state index contributed by atoms with van der Waals surface area (Å²) in [5, 5.41) is 13.1. The quantitative estimate of drug-likeness (QED) is 0.733. The van der Waals surface area contributed by atoms with Crippen molar-refractivity contribution in [3.8, 4) is 6.07 Å². The summed E-state index contributed by atoms with van der Waals surface area (Å²) in [6.45, 7) is 1.82. The molecular weight excluding hydrogens is 382 g/mol. The van der Waals surface area contributed by atoms with Crippen LogP contribution in [0.3, 0.4) is 0 Å². The molecule has 1 aliphatic rings. The summed E-state index contributed by atoms with van der Waals surface area (Å²) in [5.41, 5.74) is 0.637. The molecule has 9 nitrogen and oxygen atoms in total. The molecule has 0 aliphatic carbocycles. The van der Waals surface area contributed by atoms with Gasteiger partial charge in [0.2, 0.25) is 10.0 Å². The first-order valence-electron chi connectivity index (χ1n) is 8.79. The maximum absolute atomic E-state index is 12.5. The van der Waals surface area contributed by atoms with Gasteiger partial charge in [0.05, 0.1) is 35.1 Å². The van der Waals surface area contributed by atoms with Crippen molar-refractivity contribution >= 4 is 15.7 Å². The zero-order chi connectivity index (χ0) is 20.1. The summed E-state index contributed by atoms with van der Waals surface area (Å²) in [6, 6.07) is 9.49. The summed E-state index contributed by atoms with van der Waals surface area (Å²) in [6.07, 6.45) is 1.90. The topological polar surface area (TPSA) is 117 Å². The van der Waals surface area contributed by atoms with E-state index in [-0.39, 0.29) is 28.7 Å². The van der Waals surface area contributed by atoms with E-state index in [1.54, 1.807) is 25.4 Å². The van der Waals surface area contributed by atoms with E-state index in [2.05, 4.69) is 9.82 Å². The van der Waals surface area contributed by atoms with Crippen molar-refractivity contribution in [3.05, 3.63) is 52.4 Å². The van der Waals surface area contributed by atoms with Crippen molar-refractivity contribution in [1.29, 1.82) is 5.26 Å². The number of hydrogen-bond acceptors (Lipinski definition) is 7. The van der Waals surface area contributed by atoms with Crippen molar-refractivity contribution in [1.82, 2.24) is 14.5 Å². The normalized spacial score (nSPS) is 17.3. The third-order valence-corrected chi connectivity index (χ3v) is 6.03. The van der Waals surface area contributed by atoms with Crippen LogP contribution in [0.2, 0.25) is 0 Å². The van der Waals surface area contributed by atoms with Crippen LogP contribution in [0.25, 0.3) is 0 Å². The minimum absolute atomic E-state index is 0.0325. The van der Waals surface area contributed by atoms with Gasteiger partial charge in [-0.2, -0.15) is 10.4 Å². The van der Waals surface area contributed by atoms with Gasteiger partial charge in [0.25, 0.3) is 5.56 Å². The Morgan fingerprint density at radius 1 is 1.39 bits per heavy atom. The van der Waals surface area contributed by atoms with Gasteiger partial charge in [-0.25, -0.2) is 17.8 Å². The van der Waals surface area contributed by atoms with Crippen molar-refractivity contribution in [3.63, 3.8) is 0 Å². The van der Waals surface area contributed by atoms with Crippen molar-refractivity contribution < 1.29 is 13.2 Å². The average molecular weight is 403 g/mol. The lowest BCUT2D eigenvalue weighted by Gasteiger charge is -2.34. The minimum atomic E-state index is -3.78. The van der Waals surface area contributed by atoms with Crippen LogP contribution < -0.4 is 15.2 Å². The largest absolute Gasteiger partial charge is 0.374 e. The fourth-order valence-electron chi connectivity index (χ4n) is 2.99. The van der Waals surface area contributed by atoms with Gasteiger partial charge in [0, 0.05) is 32.7 Å². The first-order chi connectivity index (χ1) is 13.4. The van der Waals surface area contributed by atoms with Gasteiger partial charge in [-0.1, -0.05) is 12.1 Å². The first-order valence-corrected chi connectivity index (χ1v) is 10.3. The second kappa shape index (κ2) is 8.52. The fraction of sp³-hybridized carbons (Fsp3) is 0.389. The molecule has 3 rings (SSSR count). The molecule has 1 aliphatic heterocycles. The Hall–Kier alpha value is -2.74. The van der Waals surface area contributed by atoms with Crippen LogP contribution in [0.4, 0.5) is 5.69 Å². The van der Waals surface area contributed by atoms with Gasteiger partial charge in [0.15, 0.2) is 0 Å². The van der Waals surface area contributed by atoms with Gasteiger partial charge in [-0.05, 0) is 18.6 Å². The minimum Gasteiger partial charge on any atom is -0.374 e. The van der Waals surface area contributed by atoms with Crippen molar-refractivity contribution in [2.45, 2.75) is 17.4 Å². The molecule has 0 radical (unpaired) electrons. The number of nitrogens with zero attached hydrogens (tertiary/aromatic N) is 4. The fourth-order valence-corrected chi connectivity index (χ4v) is 4.19. The van der Waals surface area contributed by atoms with Crippen molar-refractivity contribution in [2.24, 2.45) is 7.05 Å². The van der Waals surface area contributed by atoms with Crippen LogP contribution in [0.15, 0.2) is 46.2 Å². The number of morpholine rings is 1. The van der Waals surface area contributed by atoms with E-state index in [4.69, 9.17) is 10.00 Å². The molecule has 1 aromatic heterocycles. The molecule has 0 unspecified atom stereocenters. The summed E-state index contributed by atoms with van der Waals surface area (Å²) in [7, 11) is -2.19. The Labute approximate surface area is 163 Å². The molecule has 10 heteroatoms. The smallest absolute Gasteiger partial charge is 0.268 e. The Bertz CT molecular complexity index is 1040. The number of sulfonamides is 1. The highest BCUT2D eigenvalue weighted by Gasteiger charge is 2.23. The second-order valence-electron chi connectivity index (χ2n) is 6.41. The molecule has 148 valence electrons. The molecule has 28 heavy (non-hydrogen) atoms. The molecule has 2 heterocycles. The maximum Gasteiger partial charge on any atom is 0.268 e. The zero-order valence-electron chi connectivity index (χ0n) is 15.4. The van der Waals surface area contributed by atoms with E-state index in [9.17, 15) is 13.2 Å². The number of aromatic nitrogens is 2. The Morgan fingerprint density at radius 3 is 2.93 bits per heavy atom. The van der Waals surface area contributed by atoms with Gasteiger partial charge < -0.3 is 9.64 Å². The SMILES string of the molecule is Cn1ncc(N2CCO[C@H](CCNS(=O)(=O)c3ccccc3C#N)C2)cc1=O. The molecule has 1 aromatic carbocycles. The van der Waals surface area contributed by atoms with Gasteiger partial charge in [0.1, 0.15) is 6.07 Å². The molecule has 1 saturated heterocycles. The van der Waals surface area contributed by atoms with E-state index in [0.29, 0.717) is 26.1 Å².